The van der Waals surface area contributed by atoms with Crippen molar-refractivity contribution < 1.29 is 19.4 Å². The van der Waals surface area contributed by atoms with Crippen LogP contribution in [0.25, 0.3) is 0 Å². The number of piperidine rings is 1. The Balaban J connectivity index is 1.63. The van der Waals surface area contributed by atoms with Crippen LogP contribution >= 0.6 is 0 Å². The van der Waals surface area contributed by atoms with Crippen LogP contribution in [0.15, 0.2) is 35.4 Å². The molecule has 1 heterocycles. The second-order valence-corrected chi connectivity index (χ2v) is 7.09. The van der Waals surface area contributed by atoms with Crippen molar-refractivity contribution in [1.29, 1.82) is 0 Å². The molecule has 3 rings (SSSR count). The van der Waals surface area contributed by atoms with Crippen LogP contribution in [0, 0.1) is 5.41 Å². The Bertz CT molecular complexity index is 714. The maximum atomic E-state index is 12.1. The highest BCUT2D eigenvalue weighted by atomic mass is 16.5. The normalized spacial score (nSPS) is 20.3. The van der Waals surface area contributed by atoms with Gasteiger partial charge in [-0.25, -0.2) is 4.79 Å². The number of carbonyl (C=O) groups excluding carboxylic acids is 1. The number of ether oxygens (including phenoxy) is 1. The third-order valence-corrected chi connectivity index (χ3v) is 5.74. The van der Waals surface area contributed by atoms with E-state index in [0.29, 0.717) is 17.6 Å². The van der Waals surface area contributed by atoms with Crippen LogP contribution in [0.1, 0.15) is 31.7 Å². The van der Waals surface area contributed by atoms with Gasteiger partial charge in [-0.1, -0.05) is 18.2 Å². The van der Waals surface area contributed by atoms with Gasteiger partial charge in [-0.05, 0) is 50.9 Å². The second kappa shape index (κ2) is 7.00. The summed E-state index contributed by atoms with van der Waals surface area (Å²) < 4.78 is 5.40. The smallest absolute Gasteiger partial charge is 0.332 e. The van der Waals surface area contributed by atoms with Crippen molar-refractivity contribution in [3.63, 3.8) is 0 Å². The number of ketones is 1. The summed E-state index contributed by atoms with van der Waals surface area (Å²) in [6, 6.07) is 8.03. The van der Waals surface area contributed by atoms with E-state index in [9.17, 15) is 14.7 Å². The van der Waals surface area contributed by atoms with Gasteiger partial charge in [0.05, 0.1) is 12.7 Å². The molecule has 5 nitrogen and oxygen atoms in total. The topological polar surface area (TPSA) is 66.8 Å². The number of Topliss-reactive ketones (excluding diaryl/α,β-unsaturated/α-hetero) is 1. The van der Waals surface area contributed by atoms with Crippen molar-refractivity contribution in [2.24, 2.45) is 5.41 Å². The van der Waals surface area contributed by atoms with Crippen LogP contribution in [-0.2, 0) is 16.0 Å². The molecule has 0 bridgehead atoms. The van der Waals surface area contributed by atoms with Crippen molar-refractivity contribution in [1.82, 2.24) is 4.90 Å². The molecular weight excluding hydrogens is 318 g/mol. The van der Waals surface area contributed by atoms with Gasteiger partial charge in [-0.2, -0.15) is 0 Å². The Morgan fingerprint density at radius 2 is 1.96 bits per heavy atom. The van der Waals surface area contributed by atoms with E-state index >= 15 is 0 Å². The van der Waals surface area contributed by atoms with Crippen LogP contribution in [0.3, 0.4) is 0 Å². The molecule has 134 valence electrons. The van der Waals surface area contributed by atoms with Crippen LogP contribution in [0.2, 0.25) is 0 Å². The summed E-state index contributed by atoms with van der Waals surface area (Å²) in [5.41, 5.74) is 1.55. The number of para-hydroxylation sites is 1. The first-order valence-electron chi connectivity index (χ1n) is 8.79. The third kappa shape index (κ3) is 3.33. The number of hydrogen-bond donors (Lipinski definition) is 1. The number of methoxy groups -OCH3 is 1. The number of hydrogen-bond acceptors (Lipinski definition) is 4. The fourth-order valence-corrected chi connectivity index (χ4v) is 4.27. The standard InChI is InChI=1S/C20H25NO4/c1-14-16(22)13-20(18(14)19(23)24)8-11-21(12-9-20)10-7-15-5-3-4-6-17(15)25-2/h3-6H,7-13H2,1-2H3,(H,23,24). The summed E-state index contributed by atoms with van der Waals surface area (Å²) in [6.45, 7) is 4.23. The van der Waals surface area contributed by atoms with Gasteiger partial charge in [0.15, 0.2) is 5.78 Å². The summed E-state index contributed by atoms with van der Waals surface area (Å²) in [5.74, 6) is -0.0187. The predicted molar refractivity (Wildman–Crippen MR) is 94.8 cm³/mol. The van der Waals surface area contributed by atoms with Gasteiger partial charge < -0.3 is 14.7 Å². The molecule has 0 saturated carbocycles. The molecule has 1 fully saturated rings. The number of allylic oxidation sites excluding steroid dienone is 1. The second-order valence-electron chi connectivity index (χ2n) is 7.09. The predicted octanol–water partition coefficient (Wildman–Crippen LogP) is 2.69. The van der Waals surface area contributed by atoms with Gasteiger partial charge in [0.2, 0.25) is 0 Å². The first kappa shape index (κ1) is 17.7. The van der Waals surface area contributed by atoms with Gasteiger partial charge in [0.25, 0.3) is 0 Å². The Kier molecular flexibility index (Phi) is 4.95. The number of benzene rings is 1. The highest BCUT2D eigenvalue weighted by Crippen LogP contribution is 2.48. The minimum Gasteiger partial charge on any atom is -0.496 e. The monoisotopic (exact) mass is 343 g/mol. The molecule has 25 heavy (non-hydrogen) atoms. The van der Waals surface area contributed by atoms with Crippen molar-refractivity contribution in [3.8, 4) is 5.75 Å². The number of rotatable bonds is 5. The molecule has 5 heteroatoms. The Hall–Kier alpha value is -2.14. The molecule has 1 aliphatic heterocycles. The molecule has 0 unspecified atom stereocenters. The SMILES string of the molecule is COc1ccccc1CCN1CCC2(CC1)CC(=O)C(C)=C2C(=O)O. The zero-order chi connectivity index (χ0) is 18.0. The highest BCUT2D eigenvalue weighted by Gasteiger charge is 2.48. The molecule has 1 spiro atoms. The highest BCUT2D eigenvalue weighted by molar-refractivity contribution is 6.08. The Morgan fingerprint density at radius 3 is 2.60 bits per heavy atom. The summed E-state index contributed by atoms with van der Waals surface area (Å²) in [5, 5.41) is 9.56. The Morgan fingerprint density at radius 1 is 1.28 bits per heavy atom. The summed E-state index contributed by atoms with van der Waals surface area (Å²) in [4.78, 5) is 26.1. The molecule has 0 aromatic heterocycles. The fourth-order valence-electron chi connectivity index (χ4n) is 4.27. The zero-order valence-corrected chi connectivity index (χ0v) is 14.9. The lowest BCUT2D eigenvalue weighted by Crippen LogP contribution is -2.42. The van der Waals surface area contributed by atoms with Crippen LogP contribution in [-0.4, -0.2) is 48.5 Å². The quantitative estimate of drug-likeness (QED) is 0.890. The van der Waals surface area contributed by atoms with Crippen molar-refractivity contribution in [2.75, 3.05) is 26.7 Å². The summed E-state index contributed by atoms with van der Waals surface area (Å²) in [6.07, 6.45) is 2.74. The van der Waals surface area contributed by atoms with E-state index in [1.165, 1.54) is 5.56 Å². The maximum absolute atomic E-state index is 12.1. The first-order valence-corrected chi connectivity index (χ1v) is 8.79. The number of nitrogens with zero attached hydrogens (tertiary/aromatic N) is 1. The molecule has 2 aliphatic rings. The number of carboxylic acids is 1. The Labute approximate surface area is 148 Å². The minimum absolute atomic E-state index is 0.000119. The molecule has 0 atom stereocenters. The molecule has 1 aliphatic carbocycles. The fraction of sp³-hybridized carbons (Fsp3) is 0.500. The van der Waals surface area contributed by atoms with E-state index in [-0.39, 0.29) is 5.78 Å². The van der Waals surface area contributed by atoms with E-state index in [1.54, 1.807) is 14.0 Å². The zero-order valence-electron chi connectivity index (χ0n) is 14.9. The summed E-state index contributed by atoms with van der Waals surface area (Å²) >= 11 is 0. The van der Waals surface area contributed by atoms with Gasteiger partial charge in [-0.15, -0.1) is 0 Å². The lowest BCUT2D eigenvalue weighted by atomic mass is 9.72. The van der Waals surface area contributed by atoms with Crippen molar-refractivity contribution in [2.45, 2.75) is 32.6 Å². The van der Waals surface area contributed by atoms with E-state index in [1.807, 2.05) is 18.2 Å². The molecule has 0 radical (unpaired) electrons. The number of carboxylic acid groups (broad SMARTS) is 1. The van der Waals surface area contributed by atoms with Gasteiger partial charge >= 0.3 is 5.97 Å². The maximum Gasteiger partial charge on any atom is 0.332 e. The van der Waals surface area contributed by atoms with Crippen molar-refractivity contribution >= 4 is 11.8 Å². The lowest BCUT2D eigenvalue weighted by molar-refractivity contribution is -0.134. The lowest BCUT2D eigenvalue weighted by Gasteiger charge is -2.39. The number of aliphatic carboxylic acids is 1. The first-order chi connectivity index (χ1) is 12.0. The molecule has 1 N–H and O–H groups in total. The number of likely N-dealkylation sites (tertiary alicyclic amines) is 1. The van der Waals surface area contributed by atoms with Crippen LogP contribution in [0.5, 0.6) is 5.75 Å². The van der Waals surface area contributed by atoms with Gasteiger partial charge in [0.1, 0.15) is 5.75 Å². The van der Waals surface area contributed by atoms with Crippen LogP contribution < -0.4 is 4.74 Å². The van der Waals surface area contributed by atoms with Crippen LogP contribution in [0.4, 0.5) is 0 Å². The van der Waals surface area contributed by atoms with Crippen molar-refractivity contribution in [3.05, 3.63) is 41.0 Å². The average molecular weight is 343 g/mol. The molecular formula is C20H25NO4. The molecule has 0 amide bonds. The third-order valence-electron chi connectivity index (χ3n) is 5.74. The van der Waals surface area contributed by atoms with E-state index < -0.39 is 11.4 Å². The van der Waals surface area contributed by atoms with E-state index in [4.69, 9.17) is 4.74 Å². The van der Waals surface area contributed by atoms with Gasteiger partial charge in [0, 0.05) is 24.0 Å². The van der Waals surface area contributed by atoms with Gasteiger partial charge in [-0.3, -0.25) is 4.79 Å². The molecule has 1 aromatic carbocycles. The number of carbonyl (C=O) groups is 2. The molecule has 1 saturated heterocycles. The largest absolute Gasteiger partial charge is 0.496 e. The molecule has 1 aromatic rings. The van der Waals surface area contributed by atoms with E-state index in [2.05, 4.69) is 11.0 Å². The average Bonchev–Trinajstić information content (AvgIpc) is 2.85. The summed E-state index contributed by atoms with van der Waals surface area (Å²) in [7, 11) is 1.68. The minimum atomic E-state index is -0.925. The van der Waals surface area contributed by atoms with E-state index in [0.717, 1.165) is 44.6 Å².